The molecule has 0 saturated carbocycles. The van der Waals surface area contributed by atoms with Gasteiger partial charge >= 0.3 is 156 Å². The van der Waals surface area contributed by atoms with Crippen molar-refractivity contribution >= 4 is 34.2 Å². The molecule has 172 valence electrons. The van der Waals surface area contributed by atoms with E-state index >= 15 is 0 Å². The molecule has 0 aliphatic rings. The molecular formula is C31H28N3P. The molecule has 1 aromatic heterocycles. The Morgan fingerprint density at radius 2 is 0.914 bits per heavy atom. The molecule has 0 aliphatic carbocycles. The normalized spacial score (nSPS) is 11.4. The van der Waals surface area contributed by atoms with Gasteiger partial charge in [0, 0.05) is 0 Å². The Balaban J connectivity index is 0.000000234. The molecule has 0 fully saturated rings. The quantitative estimate of drug-likeness (QED) is 0.318. The fourth-order valence-corrected chi connectivity index (χ4v) is 9.41. The van der Waals surface area contributed by atoms with E-state index in [-0.39, 0.29) is 0 Å². The minimum atomic E-state index is -2.16. The van der Waals surface area contributed by atoms with Crippen LogP contribution in [0.5, 0.6) is 0 Å². The second kappa shape index (κ2) is 10.9. The molecule has 0 amide bonds. The Kier molecular flexibility index (Phi) is 7.07. The molecular weight excluding hydrogens is 445 g/mol. The summed E-state index contributed by atoms with van der Waals surface area (Å²) in [6.07, 6.45) is 1.06. The summed E-state index contributed by atoms with van der Waals surface area (Å²) in [5.74, 6) is 0. The van der Waals surface area contributed by atoms with Gasteiger partial charge in [0.05, 0.1) is 5.52 Å². The summed E-state index contributed by atoms with van der Waals surface area (Å²) in [5, 5.41) is 14.6. The van der Waals surface area contributed by atoms with Crippen LogP contribution in [0.15, 0.2) is 146 Å². The third-order valence-corrected chi connectivity index (χ3v) is 11.2. The fraction of sp³-hybridized carbons (Fsp3) is 0.0323. The standard InChI is InChI=1S/C25H23P.C6H5N3/c1-5-13-22(14-6-1)21-26(23-15-7-2-8-16-23,24-17-9-3-10-18-24)25-19-11-4-12-20-25;1-2-4-6-5(3-1)7-9-8-6/h1-20,26H,21H2;1-4H,(H,7,8,9). The van der Waals surface area contributed by atoms with Crippen molar-refractivity contribution < 1.29 is 0 Å². The molecule has 4 heteroatoms. The molecule has 0 atom stereocenters. The Bertz CT molecular complexity index is 1320. The number of nitrogens with one attached hydrogen (secondary N) is 1. The van der Waals surface area contributed by atoms with Crippen LogP contribution in [0.3, 0.4) is 0 Å². The van der Waals surface area contributed by atoms with Gasteiger partial charge in [0.25, 0.3) is 0 Å². The van der Waals surface area contributed by atoms with Gasteiger partial charge in [-0.1, -0.05) is 17.3 Å². The first-order valence-electron chi connectivity index (χ1n) is 11.8. The molecule has 6 aromatic rings. The smallest absolute Gasteiger partial charge is 0.112 e. The van der Waals surface area contributed by atoms with Crippen LogP contribution in [-0.4, -0.2) is 15.4 Å². The fourth-order valence-electron chi connectivity index (χ4n) is 4.66. The van der Waals surface area contributed by atoms with E-state index in [1.165, 1.54) is 21.5 Å². The number of benzene rings is 5. The van der Waals surface area contributed by atoms with Crippen molar-refractivity contribution in [1.82, 2.24) is 15.4 Å². The number of hydrogen-bond acceptors (Lipinski definition) is 2. The molecule has 0 bridgehead atoms. The third kappa shape index (κ3) is 5.06. The molecule has 0 radical (unpaired) electrons. The number of H-pyrrole nitrogens is 1. The van der Waals surface area contributed by atoms with Crippen LogP contribution in [0.1, 0.15) is 5.56 Å². The minimum Gasteiger partial charge on any atom is -0.258 e. The van der Waals surface area contributed by atoms with Gasteiger partial charge in [-0.05, 0) is 12.1 Å². The molecule has 5 aromatic carbocycles. The number of hydrogen-bond donors (Lipinski definition) is 1. The van der Waals surface area contributed by atoms with E-state index in [1.54, 1.807) is 0 Å². The maximum atomic E-state index is 3.81. The van der Waals surface area contributed by atoms with Crippen molar-refractivity contribution in [1.29, 1.82) is 0 Å². The summed E-state index contributed by atoms with van der Waals surface area (Å²) < 4.78 is 0. The predicted molar refractivity (Wildman–Crippen MR) is 151 cm³/mol. The van der Waals surface area contributed by atoms with Crippen molar-refractivity contribution in [2.45, 2.75) is 6.16 Å². The number of fused-ring (bicyclic) bond motifs is 1. The summed E-state index contributed by atoms with van der Waals surface area (Å²) in [4.78, 5) is 0. The van der Waals surface area contributed by atoms with Gasteiger partial charge in [0.2, 0.25) is 0 Å². The first-order chi connectivity index (χ1) is 17.4. The number of rotatable bonds is 5. The zero-order valence-electron chi connectivity index (χ0n) is 19.5. The van der Waals surface area contributed by atoms with Gasteiger partial charge in [0.15, 0.2) is 0 Å². The maximum absolute atomic E-state index is 3.81. The van der Waals surface area contributed by atoms with E-state index in [4.69, 9.17) is 0 Å². The molecule has 1 heterocycles. The Hall–Kier alpha value is -4.07. The van der Waals surface area contributed by atoms with E-state index < -0.39 is 7.26 Å². The van der Waals surface area contributed by atoms with Crippen LogP contribution in [0.4, 0.5) is 0 Å². The number of nitrogens with zero attached hydrogens (tertiary/aromatic N) is 2. The summed E-state index contributed by atoms with van der Waals surface area (Å²) >= 11 is 0. The van der Waals surface area contributed by atoms with Gasteiger partial charge in [-0.2, -0.15) is 0 Å². The number of aromatic amines is 1. The third-order valence-electron chi connectivity index (χ3n) is 6.34. The van der Waals surface area contributed by atoms with Gasteiger partial charge in [-0.25, -0.2) is 0 Å². The van der Waals surface area contributed by atoms with Gasteiger partial charge in [-0.15, -0.1) is 5.10 Å². The predicted octanol–water partition coefficient (Wildman–Crippen LogP) is 5.87. The molecule has 0 saturated heterocycles. The topological polar surface area (TPSA) is 41.6 Å². The van der Waals surface area contributed by atoms with Gasteiger partial charge in [0.1, 0.15) is 5.52 Å². The summed E-state index contributed by atoms with van der Waals surface area (Å²) in [6.45, 7) is 0. The number of para-hydroxylation sites is 1. The molecule has 3 nitrogen and oxygen atoms in total. The molecule has 0 unspecified atom stereocenters. The average Bonchev–Trinajstić information content (AvgIpc) is 3.43. The van der Waals surface area contributed by atoms with Crippen LogP contribution in [0.2, 0.25) is 0 Å². The molecule has 35 heavy (non-hydrogen) atoms. The average molecular weight is 474 g/mol. The van der Waals surface area contributed by atoms with Crippen LogP contribution < -0.4 is 15.9 Å². The number of aromatic nitrogens is 3. The molecule has 0 spiro atoms. The molecule has 1 N–H and O–H groups in total. The van der Waals surface area contributed by atoms with E-state index in [1.807, 2.05) is 24.3 Å². The van der Waals surface area contributed by atoms with E-state index in [0.717, 1.165) is 17.2 Å². The summed E-state index contributed by atoms with van der Waals surface area (Å²) in [6, 6.07) is 51.9. The SMILES string of the molecule is c1ccc(C[PH](c2ccccc2)(c2ccccc2)c2ccccc2)cc1.c1ccc2[nH]nnc2c1. The zero-order chi connectivity index (χ0) is 23.8. The van der Waals surface area contributed by atoms with E-state index in [0.29, 0.717) is 0 Å². The second-order valence-corrected chi connectivity index (χ2v) is 12.4. The van der Waals surface area contributed by atoms with Crippen molar-refractivity contribution in [3.05, 3.63) is 151 Å². The largest absolute Gasteiger partial charge is 0.258 e. The Morgan fingerprint density at radius 1 is 0.486 bits per heavy atom. The molecule has 6 rings (SSSR count). The van der Waals surface area contributed by atoms with E-state index in [9.17, 15) is 0 Å². The van der Waals surface area contributed by atoms with Crippen LogP contribution in [0.25, 0.3) is 11.0 Å². The van der Waals surface area contributed by atoms with Gasteiger partial charge < -0.3 is 0 Å². The minimum absolute atomic E-state index is 0.914. The maximum Gasteiger partial charge on any atom is 0.112 e. The van der Waals surface area contributed by atoms with Crippen molar-refractivity contribution in [3.63, 3.8) is 0 Å². The second-order valence-electron chi connectivity index (χ2n) is 8.49. The summed E-state index contributed by atoms with van der Waals surface area (Å²) in [5.41, 5.74) is 3.30. The molecule has 0 aliphatic heterocycles. The van der Waals surface area contributed by atoms with E-state index in [2.05, 4.69) is 137 Å². The van der Waals surface area contributed by atoms with Crippen molar-refractivity contribution in [3.8, 4) is 0 Å². The van der Waals surface area contributed by atoms with Crippen LogP contribution >= 0.6 is 7.26 Å². The zero-order valence-corrected chi connectivity index (χ0v) is 20.5. The summed E-state index contributed by atoms with van der Waals surface area (Å²) in [7, 11) is -2.16. The van der Waals surface area contributed by atoms with Crippen LogP contribution in [0, 0.1) is 0 Å². The first-order valence-corrected chi connectivity index (χ1v) is 14.0. The van der Waals surface area contributed by atoms with Crippen LogP contribution in [-0.2, 0) is 6.16 Å². The Labute approximate surface area is 206 Å². The van der Waals surface area contributed by atoms with Gasteiger partial charge in [-0.3, -0.25) is 5.10 Å². The Morgan fingerprint density at radius 3 is 1.40 bits per heavy atom. The van der Waals surface area contributed by atoms with Crippen molar-refractivity contribution in [2.75, 3.05) is 0 Å². The first kappa shape index (κ1) is 22.7. The van der Waals surface area contributed by atoms with Crippen molar-refractivity contribution in [2.24, 2.45) is 0 Å². The monoisotopic (exact) mass is 473 g/mol.